The number of nitrogens with zero attached hydrogens (tertiary/aromatic N) is 6. The highest BCUT2D eigenvalue weighted by molar-refractivity contribution is 5.98. The highest BCUT2D eigenvalue weighted by Gasteiger charge is 2.27. The molecule has 1 aromatic heterocycles. The Morgan fingerprint density at radius 1 is 1.33 bits per heavy atom. The third kappa shape index (κ3) is 5.00. The first-order valence-corrected chi connectivity index (χ1v) is 10.0. The second-order valence-corrected chi connectivity index (χ2v) is 7.59. The lowest BCUT2D eigenvalue weighted by molar-refractivity contribution is -0.120. The number of amides is 1. The number of aliphatic imine (C=N–C) groups is 1. The molecule has 0 atom stereocenters. The van der Waals surface area contributed by atoms with Gasteiger partial charge in [-0.3, -0.25) is 14.5 Å². The smallest absolute Gasteiger partial charge is 0.246 e. The summed E-state index contributed by atoms with van der Waals surface area (Å²) >= 11 is 0. The molecule has 2 fully saturated rings. The molecule has 2 aliphatic rings. The Labute approximate surface area is 162 Å². The predicted octanol–water partition coefficient (Wildman–Crippen LogP) is 0.909. The number of aromatic nitrogens is 2. The van der Waals surface area contributed by atoms with Crippen LogP contribution in [0.1, 0.15) is 32.1 Å². The van der Waals surface area contributed by atoms with Crippen molar-refractivity contribution in [2.24, 2.45) is 12.0 Å². The summed E-state index contributed by atoms with van der Waals surface area (Å²) in [7, 11) is 5.86. The maximum absolute atomic E-state index is 12.6. The zero-order valence-corrected chi connectivity index (χ0v) is 16.9. The SMILES string of the molecule is CN=C(NCCN(C)C1CCCCC1)N1CCN(c2cnn(C)c2)C(=O)C1. The van der Waals surface area contributed by atoms with E-state index in [1.165, 1.54) is 32.1 Å². The van der Waals surface area contributed by atoms with Gasteiger partial charge in [0.1, 0.15) is 6.54 Å². The lowest BCUT2D eigenvalue weighted by Gasteiger charge is -2.36. The molecule has 1 amide bonds. The van der Waals surface area contributed by atoms with Crippen molar-refractivity contribution in [3.8, 4) is 0 Å². The summed E-state index contributed by atoms with van der Waals surface area (Å²) in [6.07, 6.45) is 10.3. The molecule has 1 aromatic rings. The largest absolute Gasteiger partial charge is 0.355 e. The number of hydrogen-bond donors (Lipinski definition) is 1. The Morgan fingerprint density at radius 2 is 2.11 bits per heavy atom. The molecule has 1 N–H and O–H groups in total. The van der Waals surface area contributed by atoms with Crippen LogP contribution in [0, 0.1) is 0 Å². The third-order valence-corrected chi connectivity index (χ3v) is 5.68. The molecule has 0 unspecified atom stereocenters. The molecule has 0 bridgehead atoms. The fourth-order valence-electron chi connectivity index (χ4n) is 4.06. The van der Waals surface area contributed by atoms with E-state index in [1.54, 1.807) is 22.8 Å². The molecule has 1 aliphatic heterocycles. The van der Waals surface area contributed by atoms with Crippen LogP contribution in [0.3, 0.4) is 0 Å². The lowest BCUT2D eigenvalue weighted by Crippen LogP contribution is -2.56. The molecule has 2 heterocycles. The topological polar surface area (TPSA) is 69.0 Å². The number of rotatable bonds is 5. The van der Waals surface area contributed by atoms with Gasteiger partial charge in [-0.2, -0.15) is 5.10 Å². The first-order valence-electron chi connectivity index (χ1n) is 10.0. The number of nitrogens with one attached hydrogen (secondary N) is 1. The van der Waals surface area contributed by atoms with Gasteiger partial charge >= 0.3 is 0 Å². The fraction of sp³-hybridized carbons (Fsp3) is 0.737. The van der Waals surface area contributed by atoms with Crippen molar-refractivity contribution in [2.75, 3.05) is 51.7 Å². The highest BCUT2D eigenvalue weighted by Crippen LogP contribution is 2.21. The Balaban J connectivity index is 1.46. The summed E-state index contributed by atoms with van der Waals surface area (Å²) in [5.74, 6) is 0.891. The Morgan fingerprint density at radius 3 is 2.74 bits per heavy atom. The van der Waals surface area contributed by atoms with Crippen molar-refractivity contribution in [2.45, 2.75) is 38.1 Å². The van der Waals surface area contributed by atoms with Gasteiger partial charge in [-0.05, 0) is 19.9 Å². The summed E-state index contributed by atoms with van der Waals surface area (Å²) in [6, 6.07) is 0.715. The van der Waals surface area contributed by atoms with E-state index in [2.05, 4.69) is 27.4 Å². The monoisotopic (exact) mass is 375 g/mol. The Bertz CT molecular complexity index is 650. The number of likely N-dealkylation sites (N-methyl/N-ethyl adjacent to an activating group) is 1. The molecule has 0 aromatic carbocycles. The van der Waals surface area contributed by atoms with Gasteiger partial charge in [0, 0.05) is 52.5 Å². The first kappa shape index (κ1) is 19.7. The third-order valence-electron chi connectivity index (χ3n) is 5.68. The number of carbonyl (C=O) groups excluding carboxylic acids is 1. The van der Waals surface area contributed by atoms with E-state index >= 15 is 0 Å². The highest BCUT2D eigenvalue weighted by atomic mass is 16.2. The quantitative estimate of drug-likeness (QED) is 0.612. The molecule has 1 saturated heterocycles. The van der Waals surface area contributed by atoms with Gasteiger partial charge in [0.2, 0.25) is 5.91 Å². The molecule has 150 valence electrons. The summed E-state index contributed by atoms with van der Waals surface area (Å²) in [4.78, 5) is 23.3. The van der Waals surface area contributed by atoms with Crippen molar-refractivity contribution in [1.82, 2.24) is 24.9 Å². The molecule has 0 radical (unpaired) electrons. The molecule has 3 rings (SSSR count). The minimum atomic E-state index is 0.0801. The van der Waals surface area contributed by atoms with Crippen molar-refractivity contribution < 1.29 is 4.79 Å². The number of carbonyl (C=O) groups is 1. The standard InChI is InChI=1S/C19H33N7O/c1-20-19(21-9-10-23(2)16-7-5-4-6-8-16)25-11-12-26(18(27)15-25)17-13-22-24(3)14-17/h13-14,16H,4-12,15H2,1-3H3,(H,20,21). The van der Waals surface area contributed by atoms with Gasteiger partial charge < -0.3 is 20.0 Å². The average Bonchev–Trinajstić information content (AvgIpc) is 3.11. The van der Waals surface area contributed by atoms with Gasteiger partial charge in [-0.1, -0.05) is 19.3 Å². The minimum absolute atomic E-state index is 0.0801. The van der Waals surface area contributed by atoms with Gasteiger partial charge in [-0.15, -0.1) is 0 Å². The maximum atomic E-state index is 12.6. The van der Waals surface area contributed by atoms with Crippen LogP contribution >= 0.6 is 0 Å². The normalized spacial score (nSPS) is 19.9. The van der Waals surface area contributed by atoms with Crippen LogP contribution in [0.2, 0.25) is 0 Å². The zero-order valence-electron chi connectivity index (χ0n) is 16.9. The Hall–Kier alpha value is -2.09. The van der Waals surface area contributed by atoms with Crippen LogP contribution in [0.5, 0.6) is 0 Å². The van der Waals surface area contributed by atoms with Gasteiger partial charge in [-0.25, -0.2) is 0 Å². The molecule has 1 aliphatic carbocycles. The number of guanidine groups is 1. The molecular formula is C19H33N7O. The minimum Gasteiger partial charge on any atom is -0.355 e. The molecule has 8 heteroatoms. The van der Waals surface area contributed by atoms with Gasteiger partial charge in [0.05, 0.1) is 11.9 Å². The van der Waals surface area contributed by atoms with Crippen LogP contribution in [-0.2, 0) is 11.8 Å². The van der Waals surface area contributed by atoms with E-state index in [1.807, 2.05) is 18.1 Å². The van der Waals surface area contributed by atoms with Crippen LogP contribution in [0.15, 0.2) is 17.4 Å². The summed E-state index contributed by atoms with van der Waals surface area (Å²) in [6.45, 7) is 3.59. The summed E-state index contributed by atoms with van der Waals surface area (Å²) in [5, 5.41) is 7.60. The molecular weight excluding hydrogens is 342 g/mol. The molecule has 8 nitrogen and oxygen atoms in total. The first-order chi connectivity index (χ1) is 13.1. The van der Waals surface area contributed by atoms with E-state index in [0.29, 0.717) is 19.1 Å². The summed E-state index contributed by atoms with van der Waals surface area (Å²) < 4.78 is 1.72. The summed E-state index contributed by atoms with van der Waals surface area (Å²) in [5.41, 5.74) is 0.860. The van der Waals surface area contributed by atoms with Crippen molar-refractivity contribution >= 4 is 17.6 Å². The molecule has 0 spiro atoms. The number of anilines is 1. The lowest BCUT2D eigenvalue weighted by atomic mass is 9.94. The van der Waals surface area contributed by atoms with Crippen LogP contribution in [0.25, 0.3) is 0 Å². The number of hydrogen-bond acceptors (Lipinski definition) is 4. The Kier molecular flexibility index (Phi) is 6.71. The van der Waals surface area contributed by atoms with Crippen LogP contribution < -0.4 is 10.2 Å². The number of aryl methyl sites for hydroxylation is 1. The van der Waals surface area contributed by atoms with E-state index < -0.39 is 0 Å². The predicted molar refractivity (Wildman–Crippen MR) is 108 cm³/mol. The number of piperazine rings is 1. The van der Waals surface area contributed by atoms with E-state index in [0.717, 1.165) is 31.3 Å². The van der Waals surface area contributed by atoms with Gasteiger partial charge in [0.15, 0.2) is 5.96 Å². The maximum Gasteiger partial charge on any atom is 0.246 e. The van der Waals surface area contributed by atoms with Crippen molar-refractivity contribution in [3.05, 3.63) is 12.4 Å². The fourth-order valence-corrected chi connectivity index (χ4v) is 4.06. The average molecular weight is 376 g/mol. The van der Waals surface area contributed by atoms with Crippen molar-refractivity contribution in [1.29, 1.82) is 0 Å². The molecule has 1 saturated carbocycles. The van der Waals surface area contributed by atoms with Gasteiger partial charge in [0.25, 0.3) is 0 Å². The van der Waals surface area contributed by atoms with E-state index in [-0.39, 0.29) is 5.91 Å². The van der Waals surface area contributed by atoms with Crippen LogP contribution in [-0.4, -0.2) is 84.3 Å². The van der Waals surface area contributed by atoms with E-state index in [9.17, 15) is 4.79 Å². The second kappa shape index (κ2) is 9.21. The van der Waals surface area contributed by atoms with Crippen LogP contribution in [0.4, 0.5) is 5.69 Å². The van der Waals surface area contributed by atoms with Crippen molar-refractivity contribution in [3.63, 3.8) is 0 Å². The molecule has 27 heavy (non-hydrogen) atoms. The zero-order chi connectivity index (χ0) is 19.2. The van der Waals surface area contributed by atoms with E-state index in [4.69, 9.17) is 0 Å². The second-order valence-electron chi connectivity index (χ2n) is 7.59.